The van der Waals surface area contributed by atoms with Gasteiger partial charge in [0.05, 0.1) is 11.9 Å². The molecule has 0 saturated heterocycles. The van der Waals surface area contributed by atoms with Crippen LogP contribution in [0.4, 0.5) is 10.5 Å². The molecule has 0 aliphatic carbocycles. The maximum atomic E-state index is 11.1. The lowest BCUT2D eigenvalue weighted by molar-refractivity contribution is 0.209. The van der Waals surface area contributed by atoms with E-state index < -0.39 is 6.09 Å². The second kappa shape index (κ2) is 12.2. The molecule has 0 saturated carbocycles. The molecule has 186 valence electrons. The monoisotopic (exact) mass is 482 g/mol. The number of hydrogen-bond donors (Lipinski definition) is 2. The van der Waals surface area contributed by atoms with Gasteiger partial charge in [-0.25, -0.2) is 9.78 Å². The van der Waals surface area contributed by atoms with E-state index in [1.807, 2.05) is 37.4 Å². The molecule has 4 aromatic rings. The number of unbranched alkanes of at least 4 members (excludes halogenated alkanes) is 1. The topological polar surface area (TPSA) is 70.4 Å². The summed E-state index contributed by atoms with van der Waals surface area (Å²) in [6.45, 7) is 7.38. The van der Waals surface area contributed by atoms with Crippen molar-refractivity contribution in [2.24, 2.45) is 0 Å². The summed E-state index contributed by atoms with van der Waals surface area (Å²) >= 11 is 0. The number of imidazole rings is 1. The number of aromatic nitrogens is 2. The van der Waals surface area contributed by atoms with Crippen LogP contribution in [0.5, 0.6) is 0 Å². The summed E-state index contributed by atoms with van der Waals surface area (Å²) in [7, 11) is 0. The first kappa shape index (κ1) is 25.2. The van der Waals surface area contributed by atoms with E-state index in [9.17, 15) is 4.79 Å². The van der Waals surface area contributed by atoms with Gasteiger partial charge >= 0.3 is 6.09 Å². The molecule has 0 aliphatic heterocycles. The van der Waals surface area contributed by atoms with Crippen LogP contribution in [0, 0.1) is 6.92 Å². The zero-order valence-electron chi connectivity index (χ0n) is 21.0. The SMILES string of the molecule is CCCCn1c(CN(Cc2ccccc2)Cc2ccc(NC(=O)O)c(C)c2)cnc1-c1ccccc1. The van der Waals surface area contributed by atoms with Crippen molar-refractivity contribution in [3.05, 3.63) is 107 Å². The van der Waals surface area contributed by atoms with Crippen LogP contribution in [0.25, 0.3) is 11.4 Å². The van der Waals surface area contributed by atoms with Gasteiger partial charge in [0.15, 0.2) is 0 Å². The summed E-state index contributed by atoms with van der Waals surface area (Å²) in [5.41, 5.74) is 6.24. The van der Waals surface area contributed by atoms with Crippen LogP contribution >= 0.6 is 0 Å². The Kier molecular flexibility index (Phi) is 8.53. The largest absolute Gasteiger partial charge is 0.465 e. The molecule has 0 atom stereocenters. The molecule has 1 heterocycles. The molecule has 2 N–H and O–H groups in total. The van der Waals surface area contributed by atoms with Gasteiger partial charge in [-0.3, -0.25) is 10.2 Å². The van der Waals surface area contributed by atoms with Crippen LogP contribution in [0.15, 0.2) is 85.1 Å². The molecular formula is C30H34N4O2. The number of carboxylic acid groups (broad SMARTS) is 1. The zero-order valence-corrected chi connectivity index (χ0v) is 21.0. The maximum Gasteiger partial charge on any atom is 0.409 e. The Balaban J connectivity index is 1.62. The van der Waals surface area contributed by atoms with E-state index in [0.717, 1.165) is 61.5 Å². The minimum Gasteiger partial charge on any atom is -0.465 e. The first-order chi connectivity index (χ1) is 17.5. The van der Waals surface area contributed by atoms with Gasteiger partial charge in [0.25, 0.3) is 0 Å². The van der Waals surface area contributed by atoms with Crippen LogP contribution < -0.4 is 5.32 Å². The van der Waals surface area contributed by atoms with Gasteiger partial charge in [-0.05, 0) is 36.1 Å². The number of hydrogen-bond acceptors (Lipinski definition) is 3. The molecule has 0 fully saturated rings. The van der Waals surface area contributed by atoms with Crippen LogP contribution in [0.3, 0.4) is 0 Å². The summed E-state index contributed by atoms with van der Waals surface area (Å²) in [6.07, 6.45) is 3.18. The zero-order chi connectivity index (χ0) is 25.3. The molecule has 0 spiro atoms. The molecule has 0 radical (unpaired) electrons. The molecule has 1 amide bonds. The molecular weight excluding hydrogens is 448 g/mol. The maximum absolute atomic E-state index is 11.1. The van der Waals surface area contributed by atoms with Crippen LogP contribution in [0.2, 0.25) is 0 Å². The minimum atomic E-state index is -1.05. The Hall–Kier alpha value is -3.90. The highest BCUT2D eigenvalue weighted by Crippen LogP contribution is 2.24. The molecule has 1 aromatic heterocycles. The lowest BCUT2D eigenvalue weighted by Gasteiger charge is -2.24. The number of benzene rings is 3. The van der Waals surface area contributed by atoms with Crippen LogP contribution in [-0.4, -0.2) is 25.7 Å². The van der Waals surface area contributed by atoms with Crippen molar-refractivity contribution in [1.82, 2.24) is 14.5 Å². The third-order valence-corrected chi connectivity index (χ3v) is 6.28. The van der Waals surface area contributed by atoms with Gasteiger partial charge in [-0.2, -0.15) is 0 Å². The van der Waals surface area contributed by atoms with Crippen molar-refractivity contribution < 1.29 is 9.90 Å². The first-order valence-electron chi connectivity index (χ1n) is 12.5. The highest BCUT2D eigenvalue weighted by Gasteiger charge is 2.16. The van der Waals surface area contributed by atoms with E-state index in [1.165, 1.54) is 11.3 Å². The van der Waals surface area contributed by atoms with Gasteiger partial charge in [-0.1, -0.05) is 86.1 Å². The molecule has 6 heteroatoms. The normalized spacial score (nSPS) is 11.1. The Morgan fingerprint density at radius 3 is 2.31 bits per heavy atom. The predicted molar refractivity (Wildman–Crippen MR) is 145 cm³/mol. The summed E-state index contributed by atoms with van der Waals surface area (Å²) in [5, 5.41) is 11.5. The quantitative estimate of drug-likeness (QED) is 0.243. The second-order valence-corrected chi connectivity index (χ2v) is 9.15. The van der Waals surface area contributed by atoms with Crippen molar-refractivity contribution in [2.75, 3.05) is 5.32 Å². The van der Waals surface area contributed by atoms with Crippen molar-refractivity contribution in [3.63, 3.8) is 0 Å². The number of amides is 1. The van der Waals surface area contributed by atoms with Gasteiger partial charge in [-0.15, -0.1) is 0 Å². The first-order valence-corrected chi connectivity index (χ1v) is 12.5. The number of rotatable bonds is 11. The third kappa shape index (κ3) is 6.61. The Labute approximate surface area is 213 Å². The summed E-state index contributed by atoms with van der Waals surface area (Å²) in [5.74, 6) is 1.01. The molecule has 6 nitrogen and oxygen atoms in total. The fraction of sp³-hybridized carbons (Fsp3) is 0.267. The van der Waals surface area contributed by atoms with Gasteiger partial charge in [0, 0.05) is 37.4 Å². The Bertz CT molecular complexity index is 1270. The molecule has 36 heavy (non-hydrogen) atoms. The van der Waals surface area contributed by atoms with Gasteiger partial charge in [0.2, 0.25) is 0 Å². The van der Waals surface area contributed by atoms with Crippen LogP contribution in [-0.2, 0) is 26.2 Å². The van der Waals surface area contributed by atoms with Gasteiger partial charge in [0.1, 0.15) is 5.82 Å². The Morgan fingerprint density at radius 2 is 1.64 bits per heavy atom. The number of aryl methyl sites for hydroxylation is 1. The second-order valence-electron chi connectivity index (χ2n) is 9.15. The van der Waals surface area contributed by atoms with Crippen molar-refractivity contribution in [3.8, 4) is 11.4 Å². The number of anilines is 1. The highest BCUT2D eigenvalue weighted by molar-refractivity contribution is 5.84. The molecule has 3 aromatic carbocycles. The summed E-state index contributed by atoms with van der Waals surface area (Å²) in [6, 6.07) is 26.8. The van der Waals surface area contributed by atoms with Crippen LogP contribution in [0.1, 0.15) is 42.1 Å². The molecule has 0 aliphatic rings. The van der Waals surface area contributed by atoms with Crippen molar-refractivity contribution in [2.45, 2.75) is 52.9 Å². The number of carbonyl (C=O) groups is 1. The lowest BCUT2D eigenvalue weighted by atomic mass is 10.1. The summed E-state index contributed by atoms with van der Waals surface area (Å²) in [4.78, 5) is 18.3. The van der Waals surface area contributed by atoms with E-state index in [2.05, 4.69) is 76.3 Å². The fourth-order valence-corrected chi connectivity index (χ4v) is 4.50. The third-order valence-electron chi connectivity index (χ3n) is 6.28. The molecule has 0 bridgehead atoms. The molecule has 0 unspecified atom stereocenters. The van der Waals surface area contributed by atoms with Crippen molar-refractivity contribution >= 4 is 11.8 Å². The van der Waals surface area contributed by atoms with E-state index in [0.29, 0.717) is 5.69 Å². The van der Waals surface area contributed by atoms with E-state index in [-0.39, 0.29) is 0 Å². The van der Waals surface area contributed by atoms with E-state index >= 15 is 0 Å². The van der Waals surface area contributed by atoms with Crippen molar-refractivity contribution in [1.29, 1.82) is 0 Å². The summed E-state index contributed by atoms with van der Waals surface area (Å²) < 4.78 is 2.36. The fourth-order valence-electron chi connectivity index (χ4n) is 4.50. The highest BCUT2D eigenvalue weighted by atomic mass is 16.4. The van der Waals surface area contributed by atoms with Gasteiger partial charge < -0.3 is 9.67 Å². The minimum absolute atomic E-state index is 0.617. The number of nitrogens with zero attached hydrogens (tertiary/aromatic N) is 3. The number of nitrogens with one attached hydrogen (secondary N) is 1. The Morgan fingerprint density at radius 1 is 0.944 bits per heavy atom. The standard InChI is InChI=1S/C30H34N4O2/c1-3-4-17-34-27(19-31-29(34)26-13-9-6-10-14-26)22-33(20-24-11-7-5-8-12-24)21-25-15-16-28(23(2)18-25)32-30(35)36/h5-16,18-19,32H,3-4,17,20-22H2,1-2H3,(H,35,36). The van der Waals surface area contributed by atoms with E-state index in [4.69, 9.17) is 10.1 Å². The predicted octanol–water partition coefficient (Wildman–Crippen LogP) is 6.95. The average Bonchev–Trinajstić information content (AvgIpc) is 3.27. The lowest BCUT2D eigenvalue weighted by Crippen LogP contribution is -2.24. The van der Waals surface area contributed by atoms with E-state index in [1.54, 1.807) is 0 Å². The molecule has 4 rings (SSSR count). The average molecular weight is 483 g/mol. The smallest absolute Gasteiger partial charge is 0.409 e.